The minimum absolute atomic E-state index is 0.0329. The SMILES string of the molecule is CCNC(=NCc1cccc(C(=O)NC(C)CC)c1)NCCCCOCC. The van der Waals surface area contributed by atoms with Crippen LogP contribution in [0.25, 0.3) is 0 Å². The van der Waals surface area contributed by atoms with E-state index < -0.39 is 0 Å². The number of rotatable bonds is 12. The molecule has 1 unspecified atom stereocenters. The molecule has 0 saturated carbocycles. The van der Waals surface area contributed by atoms with E-state index >= 15 is 0 Å². The quantitative estimate of drug-likeness (QED) is 0.298. The molecule has 0 bridgehead atoms. The largest absolute Gasteiger partial charge is 0.382 e. The summed E-state index contributed by atoms with van der Waals surface area (Å²) >= 11 is 0. The Labute approximate surface area is 164 Å². The van der Waals surface area contributed by atoms with Gasteiger partial charge >= 0.3 is 0 Å². The molecule has 1 aromatic rings. The molecule has 0 aliphatic rings. The first-order valence-electron chi connectivity index (χ1n) is 10.1. The zero-order valence-corrected chi connectivity index (χ0v) is 17.3. The van der Waals surface area contributed by atoms with Crippen LogP contribution in [0, 0.1) is 0 Å². The molecule has 0 aliphatic heterocycles. The van der Waals surface area contributed by atoms with Crippen molar-refractivity contribution in [2.75, 3.05) is 26.3 Å². The Bertz CT molecular complexity index is 575. The molecule has 1 atom stereocenters. The number of hydrogen-bond donors (Lipinski definition) is 3. The molecular weight excluding hydrogens is 340 g/mol. The third kappa shape index (κ3) is 9.99. The lowest BCUT2D eigenvalue weighted by molar-refractivity contribution is 0.0939. The molecule has 0 fully saturated rings. The highest BCUT2D eigenvalue weighted by Gasteiger charge is 2.08. The second-order valence-corrected chi connectivity index (χ2v) is 6.51. The maximum absolute atomic E-state index is 12.3. The Kier molecular flexibility index (Phi) is 11.9. The minimum Gasteiger partial charge on any atom is -0.382 e. The van der Waals surface area contributed by atoms with E-state index in [4.69, 9.17) is 4.74 Å². The van der Waals surface area contributed by atoms with Gasteiger partial charge in [0.25, 0.3) is 5.91 Å². The van der Waals surface area contributed by atoms with Crippen molar-refractivity contribution in [1.82, 2.24) is 16.0 Å². The van der Waals surface area contributed by atoms with E-state index in [1.165, 1.54) is 0 Å². The van der Waals surface area contributed by atoms with Crippen LogP contribution in [-0.2, 0) is 11.3 Å². The Morgan fingerprint density at radius 2 is 2.00 bits per heavy atom. The van der Waals surface area contributed by atoms with Gasteiger partial charge in [-0.2, -0.15) is 0 Å². The topological polar surface area (TPSA) is 74.8 Å². The van der Waals surface area contributed by atoms with Gasteiger partial charge in [0, 0.05) is 37.9 Å². The summed E-state index contributed by atoms with van der Waals surface area (Å²) < 4.78 is 5.35. The van der Waals surface area contributed by atoms with E-state index in [9.17, 15) is 4.79 Å². The third-order valence-electron chi connectivity index (χ3n) is 4.16. The van der Waals surface area contributed by atoms with Gasteiger partial charge in [0.2, 0.25) is 0 Å². The highest BCUT2D eigenvalue weighted by Crippen LogP contribution is 2.07. The lowest BCUT2D eigenvalue weighted by Crippen LogP contribution is -2.37. The first kappa shape index (κ1) is 23.0. The number of carbonyl (C=O) groups is 1. The Balaban J connectivity index is 2.57. The fourth-order valence-corrected chi connectivity index (χ4v) is 2.41. The highest BCUT2D eigenvalue weighted by molar-refractivity contribution is 5.94. The number of guanidine groups is 1. The molecule has 0 aliphatic carbocycles. The Morgan fingerprint density at radius 1 is 1.19 bits per heavy atom. The molecular formula is C21H36N4O2. The number of nitrogens with one attached hydrogen (secondary N) is 3. The predicted molar refractivity (Wildman–Crippen MR) is 112 cm³/mol. The lowest BCUT2D eigenvalue weighted by atomic mass is 10.1. The van der Waals surface area contributed by atoms with E-state index in [-0.39, 0.29) is 11.9 Å². The monoisotopic (exact) mass is 376 g/mol. The summed E-state index contributed by atoms with van der Waals surface area (Å²) in [6, 6.07) is 7.82. The van der Waals surface area contributed by atoms with Gasteiger partial charge in [-0.25, -0.2) is 4.99 Å². The number of benzene rings is 1. The molecule has 0 saturated heterocycles. The molecule has 1 rings (SSSR count). The second kappa shape index (κ2) is 14.0. The average Bonchev–Trinajstić information content (AvgIpc) is 2.68. The van der Waals surface area contributed by atoms with Crippen molar-refractivity contribution in [2.24, 2.45) is 4.99 Å². The summed E-state index contributed by atoms with van der Waals surface area (Å²) in [5, 5.41) is 9.59. The molecule has 27 heavy (non-hydrogen) atoms. The van der Waals surface area contributed by atoms with Crippen molar-refractivity contribution in [1.29, 1.82) is 0 Å². The van der Waals surface area contributed by atoms with E-state index in [1.807, 2.05) is 45.0 Å². The molecule has 1 amide bonds. The van der Waals surface area contributed by atoms with Crippen LogP contribution in [0.15, 0.2) is 29.3 Å². The molecule has 152 valence electrons. The molecule has 0 spiro atoms. The fourth-order valence-electron chi connectivity index (χ4n) is 2.41. The van der Waals surface area contributed by atoms with E-state index in [2.05, 4.69) is 27.9 Å². The van der Waals surface area contributed by atoms with Gasteiger partial charge in [-0.05, 0) is 57.7 Å². The zero-order valence-electron chi connectivity index (χ0n) is 17.3. The van der Waals surface area contributed by atoms with Crippen LogP contribution in [-0.4, -0.2) is 44.2 Å². The molecule has 6 heteroatoms. The van der Waals surface area contributed by atoms with Gasteiger partial charge in [0.05, 0.1) is 6.54 Å². The van der Waals surface area contributed by atoms with Crippen molar-refractivity contribution < 1.29 is 9.53 Å². The molecule has 3 N–H and O–H groups in total. The second-order valence-electron chi connectivity index (χ2n) is 6.51. The molecule has 0 heterocycles. The zero-order chi connectivity index (χ0) is 19.9. The minimum atomic E-state index is -0.0329. The van der Waals surface area contributed by atoms with Gasteiger partial charge in [-0.15, -0.1) is 0 Å². The summed E-state index contributed by atoms with van der Waals surface area (Å²) in [6.45, 7) is 11.9. The van der Waals surface area contributed by atoms with E-state index in [0.29, 0.717) is 12.1 Å². The smallest absolute Gasteiger partial charge is 0.251 e. The van der Waals surface area contributed by atoms with Gasteiger partial charge in [-0.1, -0.05) is 19.1 Å². The van der Waals surface area contributed by atoms with Crippen LogP contribution in [0.3, 0.4) is 0 Å². The predicted octanol–water partition coefficient (Wildman–Crippen LogP) is 3.09. The normalized spacial score (nSPS) is 12.5. The molecule has 6 nitrogen and oxygen atoms in total. The molecule has 0 radical (unpaired) electrons. The maximum atomic E-state index is 12.3. The van der Waals surface area contributed by atoms with Gasteiger partial charge in [-0.3, -0.25) is 4.79 Å². The number of aliphatic imine (C=N–C) groups is 1. The third-order valence-corrected chi connectivity index (χ3v) is 4.16. The molecule has 1 aromatic carbocycles. The summed E-state index contributed by atoms with van der Waals surface area (Å²) in [5.41, 5.74) is 1.69. The Hall–Kier alpha value is -2.08. The van der Waals surface area contributed by atoms with Crippen molar-refractivity contribution in [3.05, 3.63) is 35.4 Å². The average molecular weight is 377 g/mol. The summed E-state index contributed by atoms with van der Waals surface area (Å²) in [4.78, 5) is 16.9. The number of ether oxygens (including phenoxy) is 1. The van der Waals surface area contributed by atoms with Crippen LogP contribution < -0.4 is 16.0 Å². The highest BCUT2D eigenvalue weighted by atomic mass is 16.5. The lowest BCUT2D eigenvalue weighted by Gasteiger charge is -2.12. The fraction of sp³-hybridized carbons (Fsp3) is 0.619. The van der Waals surface area contributed by atoms with Gasteiger partial charge in [0.15, 0.2) is 5.96 Å². The first-order valence-corrected chi connectivity index (χ1v) is 10.1. The van der Waals surface area contributed by atoms with Crippen LogP contribution in [0.2, 0.25) is 0 Å². The van der Waals surface area contributed by atoms with Crippen LogP contribution in [0.1, 0.15) is 62.9 Å². The standard InChI is InChI=1S/C21H36N4O2/c1-5-17(4)25-20(26)19-12-10-11-18(15-19)16-24-21(22-6-2)23-13-8-9-14-27-7-3/h10-12,15,17H,5-9,13-14,16H2,1-4H3,(H,25,26)(H2,22,23,24). The number of carbonyl (C=O) groups excluding carboxylic acids is 1. The van der Waals surface area contributed by atoms with Crippen LogP contribution >= 0.6 is 0 Å². The van der Waals surface area contributed by atoms with Crippen molar-refractivity contribution in [2.45, 2.75) is 59.5 Å². The number of nitrogens with zero attached hydrogens (tertiary/aromatic N) is 1. The number of amides is 1. The van der Waals surface area contributed by atoms with Crippen LogP contribution in [0.5, 0.6) is 0 Å². The van der Waals surface area contributed by atoms with E-state index in [0.717, 1.165) is 57.1 Å². The van der Waals surface area contributed by atoms with E-state index in [1.54, 1.807) is 0 Å². The van der Waals surface area contributed by atoms with Crippen molar-refractivity contribution in [3.8, 4) is 0 Å². The van der Waals surface area contributed by atoms with Crippen molar-refractivity contribution >= 4 is 11.9 Å². The Morgan fingerprint density at radius 3 is 2.70 bits per heavy atom. The van der Waals surface area contributed by atoms with Gasteiger partial charge < -0.3 is 20.7 Å². The maximum Gasteiger partial charge on any atom is 0.251 e. The van der Waals surface area contributed by atoms with Crippen LogP contribution in [0.4, 0.5) is 0 Å². The summed E-state index contributed by atoms with van der Waals surface area (Å²) in [5.74, 6) is 0.762. The first-order chi connectivity index (χ1) is 13.1. The summed E-state index contributed by atoms with van der Waals surface area (Å²) in [7, 11) is 0. The summed E-state index contributed by atoms with van der Waals surface area (Å²) in [6.07, 6.45) is 2.99. The number of hydrogen-bond acceptors (Lipinski definition) is 3. The van der Waals surface area contributed by atoms with Crippen molar-refractivity contribution in [3.63, 3.8) is 0 Å². The van der Waals surface area contributed by atoms with Gasteiger partial charge in [0.1, 0.15) is 0 Å². The number of unbranched alkanes of at least 4 members (excludes halogenated alkanes) is 1. The molecule has 0 aromatic heterocycles.